The van der Waals surface area contributed by atoms with Gasteiger partial charge in [0, 0.05) is 24.8 Å². The maximum atomic E-state index is 12.3. The number of alkyl halides is 3. The fourth-order valence-corrected chi connectivity index (χ4v) is 1.76. The highest BCUT2D eigenvalue weighted by Gasteiger charge is 2.28. The Hall–Kier alpha value is -1.23. The molecule has 0 bridgehead atoms. The third-order valence-electron chi connectivity index (χ3n) is 2.76. The van der Waals surface area contributed by atoms with Gasteiger partial charge in [-0.3, -0.25) is 0 Å². The summed E-state index contributed by atoms with van der Waals surface area (Å²) in [7, 11) is 0. The second-order valence-corrected chi connectivity index (χ2v) is 4.52. The third kappa shape index (κ3) is 4.56. The van der Waals surface area contributed by atoms with Gasteiger partial charge in [0.15, 0.2) is 0 Å². The van der Waals surface area contributed by atoms with Crippen LogP contribution in [-0.2, 0) is 6.54 Å². The predicted molar refractivity (Wildman–Crippen MR) is 67.5 cm³/mol. The molecule has 2 N–H and O–H groups in total. The molecule has 1 aromatic carbocycles. The van der Waals surface area contributed by atoms with Crippen molar-refractivity contribution in [3.63, 3.8) is 0 Å². The maximum absolute atomic E-state index is 12.3. The van der Waals surface area contributed by atoms with Crippen molar-refractivity contribution in [1.82, 2.24) is 0 Å². The molecule has 1 rings (SSSR count). The first-order valence-corrected chi connectivity index (χ1v) is 5.96. The van der Waals surface area contributed by atoms with E-state index in [4.69, 9.17) is 5.73 Å². The molecule has 0 amide bonds. The standard InChI is InChI=1S/C13H19F3N2/c1-10(2)18(8-7-13(14,15)16)12-5-3-11(9-17)4-6-12/h3-6,10H,7-9,17H2,1-2H3. The first-order chi connectivity index (χ1) is 8.33. The van der Waals surface area contributed by atoms with Crippen LogP contribution >= 0.6 is 0 Å². The topological polar surface area (TPSA) is 29.3 Å². The van der Waals surface area contributed by atoms with Crippen LogP contribution in [0.1, 0.15) is 25.8 Å². The summed E-state index contributed by atoms with van der Waals surface area (Å²) >= 11 is 0. The van der Waals surface area contributed by atoms with Gasteiger partial charge in [-0.15, -0.1) is 0 Å². The molecule has 0 spiro atoms. The van der Waals surface area contributed by atoms with Crippen LogP contribution < -0.4 is 10.6 Å². The molecule has 0 aromatic heterocycles. The lowest BCUT2D eigenvalue weighted by Crippen LogP contribution is -2.34. The number of benzene rings is 1. The summed E-state index contributed by atoms with van der Waals surface area (Å²) in [5, 5.41) is 0. The summed E-state index contributed by atoms with van der Waals surface area (Å²) < 4.78 is 36.8. The Labute approximate surface area is 106 Å². The quantitative estimate of drug-likeness (QED) is 0.880. The number of nitrogens with two attached hydrogens (primary N) is 1. The Morgan fingerprint density at radius 1 is 1.17 bits per heavy atom. The summed E-state index contributed by atoms with van der Waals surface area (Å²) in [6.07, 6.45) is -4.92. The largest absolute Gasteiger partial charge is 0.390 e. The fraction of sp³-hybridized carbons (Fsp3) is 0.538. The van der Waals surface area contributed by atoms with Crippen LogP contribution in [0.15, 0.2) is 24.3 Å². The van der Waals surface area contributed by atoms with Gasteiger partial charge in [0.1, 0.15) is 0 Å². The van der Waals surface area contributed by atoms with E-state index in [1.54, 1.807) is 4.90 Å². The van der Waals surface area contributed by atoms with Crippen LogP contribution in [-0.4, -0.2) is 18.8 Å². The van der Waals surface area contributed by atoms with Crippen LogP contribution in [0, 0.1) is 0 Å². The van der Waals surface area contributed by atoms with E-state index in [1.165, 1.54) is 0 Å². The number of hydrogen-bond donors (Lipinski definition) is 1. The minimum Gasteiger partial charge on any atom is -0.369 e. The molecular weight excluding hydrogens is 241 g/mol. The molecular formula is C13H19F3N2. The van der Waals surface area contributed by atoms with Gasteiger partial charge >= 0.3 is 6.18 Å². The lowest BCUT2D eigenvalue weighted by atomic mass is 10.1. The molecule has 0 saturated heterocycles. The number of halogens is 3. The SMILES string of the molecule is CC(C)N(CCC(F)(F)F)c1ccc(CN)cc1. The summed E-state index contributed by atoms with van der Waals surface area (Å²) in [4.78, 5) is 1.74. The minimum absolute atomic E-state index is 0.0241. The van der Waals surface area contributed by atoms with Crippen LogP contribution in [0.4, 0.5) is 18.9 Å². The molecule has 0 aliphatic heterocycles. The molecule has 0 unspecified atom stereocenters. The normalized spacial score (nSPS) is 11.9. The van der Waals surface area contributed by atoms with E-state index >= 15 is 0 Å². The molecule has 0 saturated carbocycles. The molecule has 0 fully saturated rings. The number of hydrogen-bond acceptors (Lipinski definition) is 2. The van der Waals surface area contributed by atoms with Crippen molar-refractivity contribution in [2.75, 3.05) is 11.4 Å². The van der Waals surface area contributed by atoms with E-state index in [2.05, 4.69) is 0 Å². The molecule has 0 aliphatic rings. The Balaban J connectivity index is 2.77. The Kier molecular flexibility index (Phi) is 5.02. The molecule has 102 valence electrons. The van der Waals surface area contributed by atoms with Crippen molar-refractivity contribution in [2.24, 2.45) is 5.73 Å². The molecule has 0 aliphatic carbocycles. The lowest BCUT2D eigenvalue weighted by molar-refractivity contribution is -0.132. The Bertz CT molecular complexity index is 357. The Morgan fingerprint density at radius 2 is 1.72 bits per heavy atom. The minimum atomic E-state index is -4.12. The van der Waals surface area contributed by atoms with E-state index < -0.39 is 12.6 Å². The van der Waals surface area contributed by atoms with Crippen molar-refractivity contribution in [3.05, 3.63) is 29.8 Å². The fourth-order valence-electron chi connectivity index (χ4n) is 1.76. The highest BCUT2D eigenvalue weighted by molar-refractivity contribution is 5.48. The van der Waals surface area contributed by atoms with Gasteiger partial charge in [0.05, 0.1) is 6.42 Å². The van der Waals surface area contributed by atoms with E-state index in [0.717, 1.165) is 11.3 Å². The van der Waals surface area contributed by atoms with Crippen LogP contribution in [0.3, 0.4) is 0 Å². The number of nitrogens with zero attached hydrogens (tertiary/aromatic N) is 1. The van der Waals surface area contributed by atoms with Crippen molar-refractivity contribution >= 4 is 5.69 Å². The number of anilines is 1. The van der Waals surface area contributed by atoms with Crippen LogP contribution in [0.5, 0.6) is 0 Å². The van der Waals surface area contributed by atoms with E-state index in [-0.39, 0.29) is 12.6 Å². The van der Waals surface area contributed by atoms with Crippen LogP contribution in [0.2, 0.25) is 0 Å². The van der Waals surface area contributed by atoms with Gasteiger partial charge in [-0.25, -0.2) is 0 Å². The van der Waals surface area contributed by atoms with Gasteiger partial charge in [-0.05, 0) is 31.5 Å². The zero-order valence-electron chi connectivity index (χ0n) is 10.7. The van der Waals surface area contributed by atoms with Gasteiger partial charge < -0.3 is 10.6 Å². The molecule has 0 radical (unpaired) electrons. The highest BCUT2D eigenvalue weighted by Crippen LogP contribution is 2.24. The number of rotatable bonds is 5. The van der Waals surface area contributed by atoms with Crippen molar-refractivity contribution in [3.8, 4) is 0 Å². The monoisotopic (exact) mass is 260 g/mol. The second kappa shape index (κ2) is 6.09. The second-order valence-electron chi connectivity index (χ2n) is 4.52. The molecule has 0 heterocycles. The third-order valence-corrected chi connectivity index (χ3v) is 2.76. The molecule has 0 atom stereocenters. The molecule has 2 nitrogen and oxygen atoms in total. The zero-order valence-corrected chi connectivity index (χ0v) is 10.7. The summed E-state index contributed by atoms with van der Waals surface area (Å²) in [5.74, 6) is 0. The maximum Gasteiger partial charge on any atom is 0.390 e. The van der Waals surface area contributed by atoms with E-state index in [1.807, 2.05) is 38.1 Å². The first-order valence-electron chi connectivity index (χ1n) is 5.96. The predicted octanol–water partition coefficient (Wildman–Crippen LogP) is 3.31. The highest BCUT2D eigenvalue weighted by atomic mass is 19.4. The summed E-state index contributed by atoms with van der Waals surface area (Å²) in [6, 6.07) is 7.35. The lowest BCUT2D eigenvalue weighted by Gasteiger charge is -2.29. The average molecular weight is 260 g/mol. The zero-order chi connectivity index (χ0) is 13.8. The molecule has 1 aromatic rings. The summed E-state index contributed by atoms with van der Waals surface area (Å²) in [6.45, 7) is 4.17. The Morgan fingerprint density at radius 3 is 2.11 bits per heavy atom. The van der Waals surface area contributed by atoms with E-state index in [9.17, 15) is 13.2 Å². The average Bonchev–Trinajstić information content (AvgIpc) is 2.28. The van der Waals surface area contributed by atoms with Crippen molar-refractivity contribution < 1.29 is 13.2 Å². The van der Waals surface area contributed by atoms with E-state index in [0.29, 0.717) is 6.54 Å². The van der Waals surface area contributed by atoms with Gasteiger partial charge in [-0.1, -0.05) is 12.1 Å². The van der Waals surface area contributed by atoms with Gasteiger partial charge in [0.2, 0.25) is 0 Å². The first kappa shape index (κ1) is 14.8. The van der Waals surface area contributed by atoms with Gasteiger partial charge in [0.25, 0.3) is 0 Å². The summed E-state index contributed by atoms with van der Waals surface area (Å²) in [5.41, 5.74) is 7.26. The molecule has 18 heavy (non-hydrogen) atoms. The van der Waals surface area contributed by atoms with Crippen molar-refractivity contribution in [2.45, 2.75) is 39.0 Å². The van der Waals surface area contributed by atoms with Crippen LogP contribution in [0.25, 0.3) is 0 Å². The van der Waals surface area contributed by atoms with Gasteiger partial charge in [-0.2, -0.15) is 13.2 Å². The van der Waals surface area contributed by atoms with Crippen molar-refractivity contribution in [1.29, 1.82) is 0 Å². The smallest absolute Gasteiger partial charge is 0.369 e. The molecule has 5 heteroatoms.